The molecule has 0 amide bonds. The fraction of sp³-hybridized carbons (Fsp3) is 0.685. The van der Waals surface area contributed by atoms with Crippen LogP contribution in [0.4, 0.5) is 0 Å². The molecule has 6 nitrogen and oxygen atoms in total. The molecule has 0 aromatic heterocycles. The molecule has 6 heteroatoms. The Hall–Kier alpha value is -4.19. The van der Waals surface area contributed by atoms with Gasteiger partial charge in [0.25, 0.3) is 0 Å². The van der Waals surface area contributed by atoms with Crippen LogP contribution in [0.5, 0.6) is 0 Å². The van der Waals surface area contributed by atoms with Gasteiger partial charge in [0.15, 0.2) is 6.10 Å². The molecule has 450 valence electrons. The Kier molecular flexibility index (Phi) is 62.8. The predicted molar refractivity (Wildman–Crippen MR) is 343 cm³/mol. The van der Waals surface area contributed by atoms with Crippen LogP contribution in [0.2, 0.25) is 0 Å². The van der Waals surface area contributed by atoms with Crippen LogP contribution < -0.4 is 0 Å². The van der Waals surface area contributed by atoms with Gasteiger partial charge < -0.3 is 14.2 Å². The lowest BCUT2D eigenvalue weighted by Gasteiger charge is -2.18. The summed E-state index contributed by atoms with van der Waals surface area (Å²) in [6.07, 6.45) is 92.0. The summed E-state index contributed by atoms with van der Waals surface area (Å²) in [5, 5.41) is 0. The van der Waals surface area contributed by atoms with Crippen LogP contribution in [0.15, 0.2) is 122 Å². The second kappa shape index (κ2) is 66.3. The number of hydrogen-bond acceptors (Lipinski definition) is 6. The van der Waals surface area contributed by atoms with Crippen LogP contribution in [-0.2, 0) is 28.6 Å². The average molecular weight is 1100 g/mol. The minimum Gasteiger partial charge on any atom is -0.462 e. The van der Waals surface area contributed by atoms with E-state index in [0.717, 1.165) is 148 Å². The maximum atomic E-state index is 12.9. The van der Waals surface area contributed by atoms with E-state index < -0.39 is 6.10 Å². The molecule has 0 radical (unpaired) electrons. The topological polar surface area (TPSA) is 78.9 Å². The van der Waals surface area contributed by atoms with Crippen molar-refractivity contribution >= 4 is 17.9 Å². The minimum atomic E-state index is -0.801. The fourth-order valence-corrected chi connectivity index (χ4v) is 8.98. The molecular formula is C73H122O6. The van der Waals surface area contributed by atoms with E-state index in [0.29, 0.717) is 19.3 Å². The highest BCUT2D eigenvalue weighted by atomic mass is 16.6. The lowest BCUT2D eigenvalue weighted by atomic mass is 10.1. The first-order valence-electron chi connectivity index (χ1n) is 33.0. The van der Waals surface area contributed by atoms with Gasteiger partial charge in [0.1, 0.15) is 13.2 Å². The third-order valence-electron chi connectivity index (χ3n) is 13.9. The Bertz CT molecular complexity index is 1640. The number of rotatable bonds is 59. The molecule has 0 saturated carbocycles. The van der Waals surface area contributed by atoms with Crippen molar-refractivity contribution in [2.75, 3.05) is 13.2 Å². The number of unbranched alkanes of at least 4 members (excludes halogenated alkanes) is 28. The lowest BCUT2D eigenvalue weighted by Crippen LogP contribution is -2.30. The Balaban J connectivity index is 4.42. The van der Waals surface area contributed by atoms with Gasteiger partial charge in [0, 0.05) is 19.3 Å². The molecule has 0 aliphatic rings. The van der Waals surface area contributed by atoms with E-state index in [4.69, 9.17) is 14.2 Å². The lowest BCUT2D eigenvalue weighted by molar-refractivity contribution is -0.167. The molecule has 0 aromatic carbocycles. The minimum absolute atomic E-state index is 0.0948. The Morgan fingerprint density at radius 1 is 0.266 bits per heavy atom. The molecule has 0 heterocycles. The van der Waals surface area contributed by atoms with Gasteiger partial charge in [-0.2, -0.15) is 0 Å². The molecular weight excluding hydrogens is 973 g/mol. The van der Waals surface area contributed by atoms with Crippen molar-refractivity contribution in [1.82, 2.24) is 0 Å². The number of carbonyl (C=O) groups is 3. The van der Waals surface area contributed by atoms with Crippen molar-refractivity contribution in [2.45, 2.75) is 309 Å². The monoisotopic (exact) mass is 1090 g/mol. The van der Waals surface area contributed by atoms with E-state index >= 15 is 0 Å². The van der Waals surface area contributed by atoms with Crippen LogP contribution in [0.1, 0.15) is 303 Å². The SMILES string of the molecule is CC/C=C\C/C=C\C/C=C\C/C=C\C/C=C\CCCCCCCC(=O)OC(COC(=O)CCCCCCC/C=C\C/C=C\CCCCC)COC(=O)CCCCCCCCCCCC/C=C\C/C=C\C/C=C\CCCCCCC. The Morgan fingerprint density at radius 3 is 0.797 bits per heavy atom. The van der Waals surface area contributed by atoms with Gasteiger partial charge in [0.05, 0.1) is 0 Å². The zero-order valence-corrected chi connectivity index (χ0v) is 51.6. The molecule has 0 aliphatic carbocycles. The summed E-state index contributed by atoms with van der Waals surface area (Å²) < 4.78 is 16.9. The van der Waals surface area contributed by atoms with Crippen molar-refractivity contribution in [3.63, 3.8) is 0 Å². The standard InChI is InChI=1S/C73H122O6/c1-4-7-10-13-16-19-22-25-28-30-32-34-35-36-37-39-40-42-45-48-51-54-57-60-63-66-72(75)78-69-70(68-77-71(74)65-62-59-56-53-50-47-44-27-24-21-18-15-12-9-6-3)79-73(76)67-64-61-58-55-52-49-46-43-41-38-33-31-29-26-23-20-17-14-11-8-5-2/h8,11,17-18,20-22,25-27,29-30,32-33,35-36,38,43-44,46,70H,4-7,9-10,12-16,19,23-24,28,31,34,37,39-42,45,47-69H2,1-3H3/b11-8-,20-17-,21-18-,25-22-,29-26-,32-30-,36-35-,38-33-,44-27-,46-43-. The van der Waals surface area contributed by atoms with Crippen LogP contribution >= 0.6 is 0 Å². The number of allylic oxidation sites excluding steroid dienone is 20. The first-order valence-corrected chi connectivity index (χ1v) is 33.0. The van der Waals surface area contributed by atoms with Crippen LogP contribution in [-0.4, -0.2) is 37.2 Å². The van der Waals surface area contributed by atoms with Crippen LogP contribution in [0.3, 0.4) is 0 Å². The highest BCUT2D eigenvalue weighted by molar-refractivity contribution is 5.71. The maximum absolute atomic E-state index is 12.9. The molecule has 0 fully saturated rings. The first-order chi connectivity index (χ1) is 39.0. The normalized spacial score (nSPS) is 12.9. The van der Waals surface area contributed by atoms with E-state index in [1.165, 1.54) is 116 Å². The number of ether oxygens (including phenoxy) is 3. The predicted octanol–water partition coefficient (Wildman–Crippen LogP) is 22.8. The van der Waals surface area contributed by atoms with Crippen molar-refractivity contribution in [3.05, 3.63) is 122 Å². The quantitative estimate of drug-likeness (QED) is 0.0261. The largest absolute Gasteiger partial charge is 0.462 e. The third kappa shape index (κ3) is 64.5. The van der Waals surface area contributed by atoms with Crippen molar-refractivity contribution in [1.29, 1.82) is 0 Å². The van der Waals surface area contributed by atoms with Crippen molar-refractivity contribution < 1.29 is 28.6 Å². The van der Waals surface area contributed by atoms with E-state index in [9.17, 15) is 14.4 Å². The highest BCUT2D eigenvalue weighted by Crippen LogP contribution is 2.15. The molecule has 1 unspecified atom stereocenters. The first kappa shape index (κ1) is 74.8. The molecule has 0 aromatic rings. The summed E-state index contributed by atoms with van der Waals surface area (Å²) >= 11 is 0. The van der Waals surface area contributed by atoms with E-state index in [-0.39, 0.29) is 31.1 Å². The molecule has 0 spiro atoms. The van der Waals surface area contributed by atoms with Gasteiger partial charge >= 0.3 is 17.9 Å². The van der Waals surface area contributed by atoms with Crippen LogP contribution in [0, 0.1) is 0 Å². The van der Waals surface area contributed by atoms with E-state index in [2.05, 4.69) is 142 Å². The zero-order valence-electron chi connectivity index (χ0n) is 51.6. The number of esters is 3. The molecule has 79 heavy (non-hydrogen) atoms. The van der Waals surface area contributed by atoms with E-state index in [1.54, 1.807) is 0 Å². The summed E-state index contributed by atoms with van der Waals surface area (Å²) in [4.78, 5) is 38.4. The Labute approximate surface area is 488 Å². The average Bonchev–Trinajstić information content (AvgIpc) is 3.45. The van der Waals surface area contributed by atoms with Crippen molar-refractivity contribution in [2.24, 2.45) is 0 Å². The van der Waals surface area contributed by atoms with Gasteiger partial charge in [-0.05, 0) is 135 Å². The number of hydrogen-bond donors (Lipinski definition) is 0. The molecule has 1 atom stereocenters. The number of carbonyl (C=O) groups excluding carboxylic acids is 3. The van der Waals surface area contributed by atoms with Gasteiger partial charge in [-0.1, -0.05) is 271 Å². The molecule has 0 aliphatic heterocycles. The fourth-order valence-electron chi connectivity index (χ4n) is 8.98. The molecule has 0 bridgehead atoms. The molecule has 0 saturated heterocycles. The van der Waals surface area contributed by atoms with Crippen LogP contribution in [0.25, 0.3) is 0 Å². The van der Waals surface area contributed by atoms with Gasteiger partial charge in [0.2, 0.25) is 0 Å². The molecule has 0 rings (SSSR count). The summed E-state index contributed by atoms with van der Waals surface area (Å²) in [6.45, 7) is 6.47. The van der Waals surface area contributed by atoms with Gasteiger partial charge in [-0.25, -0.2) is 0 Å². The Morgan fingerprint density at radius 2 is 0.494 bits per heavy atom. The smallest absolute Gasteiger partial charge is 0.306 e. The van der Waals surface area contributed by atoms with Crippen molar-refractivity contribution in [3.8, 4) is 0 Å². The second-order valence-corrected chi connectivity index (χ2v) is 21.6. The zero-order chi connectivity index (χ0) is 57.1. The maximum Gasteiger partial charge on any atom is 0.306 e. The van der Waals surface area contributed by atoms with Gasteiger partial charge in [-0.3, -0.25) is 14.4 Å². The summed E-state index contributed by atoms with van der Waals surface area (Å²) in [6, 6.07) is 0. The summed E-state index contributed by atoms with van der Waals surface area (Å²) in [7, 11) is 0. The highest BCUT2D eigenvalue weighted by Gasteiger charge is 2.19. The second-order valence-electron chi connectivity index (χ2n) is 21.6. The van der Waals surface area contributed by atoms with Gasteiger partial charge in [-0.15, -0.1) is 0 Å². The summed E-state index contributed by atoms with van der Waals surface area (Å²) in [5.41, 5.74) is 0. The third-order valence-corrected chi connectivity index (χ3v) is 13.9. The molecule has 0 N–H and O–H groups in total. The van der Waals surface area contributed by atoms with E-state index in [1.807, 2.05) is 0 Å². The summed E-state index contributed by atoms with van der Waals surface area (Å²) in [5.74, 6) is -0.926.